The van der Waals surface area contributed by atoms with Gasteiger partial charge in [0.2, 0.25) is 0 Å². The normalized spacial score (nSPS) is 20.6. The number of hydrogen-bond acceptors (Lipinski definition) is 2. The Kier molecular flexibility index (Phi) is 5.31. The maximum Gasteiger partial charge on any atom is 0.0749 e. The fraction of sp³-hybridized carbons (Fsp3) is 1.00. The van der Waals surface area contributed by atoms with Crippen molar-refractivity contribution in [3.05, 3.63) is 0 Å². The number of alkyl halides is 2. The number of nitrogens with zero attached hydrogens (tertiary/aromatic N) is 1. The van der Waals surface area contributed by atoms with Gasteiger partial charge in [0.15, 0.2) is 0 Å². The van der Waals surface area contributed by atoms with Crippen LogP contribution in [0, 0.1) is 0 Å². The van der Waals surface area contributed by atoms with Gasteiger partial charge in [0.25, 0.3) is 0 Å². The average molecular weight is 294 g/mol. The van der Waals surface area contributed by atoms with Crippen LogP contribution < -0.4 is 0 Å². The van der Waals surface area contributed by atoms with E-state index in [1.165, 1.54) is 4.31 Å². The van der Waals surface area contributed by atoms with Gasteiger partial charge < -0.3 is 4.55 Å². The van der Waals surface area contributed by atoms with E-state index in [9.17, 15) is 8.76 Å². The third-order valence-corrected chi connectivity index (χ3v) is 3.27. The summed E-state index contributed by atoms with van der Waals surface area (Å²) < 4.78 is 22.1. The first-order valence-electron chi connectivity index (χ1n) is 2.62. The van der Waals surface area contributed by atoms with Crippen LogP contribution in [0.1, 0.15) is 13.8 Å². The van der Waals surface area contributed by atoms with Crippen LogP contribution in [0.2, 0.25) is 0 Å². The lowest BCUT2D eigenvalue weighted by atomic mass is 10.7. The van der Waals surface area contributed by atoms with Crippen molar-refractivity contribution >= 4 is 43.1 Å². The van der Waals surface area contributed by atoms with E-state index in [1.54, 1.807) is 13.8 Å². The van der Waals surface area contributed by atoms with E-state index >= 15 is 0 Å². The predicted molar refractivity (Wildman–Crippen MR) is 47.5 cm³/mol. The minimum Gasteiger partial charge on any atom is -0.760 e. The summed E-state index contributed by atoms with van der Waals surface area (Å²) >= 11 is 4.12. The summed E-state index contributed by atoms with van der Waals surface area (Å²) in [5.74, 6) is 0. The Morgan fingerprint density at radius 2 is 1.70 bits per heavy atom. The molecule has 10 heavy (non-hydrogen) atoms. The Labute approximate surface area is 79.8 Å². The Hall–Kier alpha value is 1.03. The van der Waals surface area contributed by atoms with E-state index in [0.29, 0.717) is 0 Å². The van der Waals surface area contributed by atoms with Gasteiger partial charge in [0.1, 0.15) is 0 Å². The lowest BCUT2D eigenvalue weighted by Crippen LogP contribution is -2.35. The van der Waals surface area contributed by atoms with Gasteiger partial charge in [-0.15, -0.1) is 0 Å². The van der Waals surface area contributed by atoms with Gasteiger partial charge in [-0.05, 0) is 13.8 Å². The zero-order valence-corrected chi connectivity index (χ0v) is 9.57. The molecule has 62 valence electrons. The second-order valence-electron chi connectivity index (χ2n) is 1.73. The maximum atomic E-state index is 10.4. The lowest BCUT2D eigenvalue weighted by Gasteiger charge is -2.28. The molecule has 0 saturated heterocycles. The lowest BCUT2D eigenvalue weighted by molar-refractivity contribution is 0.386. The quantitative estimate of drug-likeness (QED) is 0.450. The average Bonchev–Trinajstić information content (AvgIpc) is 1.59. The first kappa shape index (κ1) is 11.0. The third-order valence-electron chi connectivity index (χ3n) is 0.873. The molecule has 0 aromatic heterocycles. The number of hydrogen-bond donors (Lipinski definition) is 0. The molecule has 3 nitrogen and oxygen atoms in total. The molecule has 0 amide bonds. The van der Waals surface area contributed by atoms with E-state index in [4.69, 9.17) is 0 Å². The molecular formula is C4H8Br2NO2S-. The van der Waals surface area contributed by atoms with E-state index < -0.39 is 11.3 Å². The summed E-state index contributed by atoms with van der Waals surface area (Å²) in [7, 11) is 0. The molecule has 0 aromatic rings. The zero-order chi connectivity index (χ0) is 8.31. The molecule has 0 aliphatic heterocycles. The monoisotopic (exact) mass is 292 g/mol. The largest absolute Gasteiger partial charge is 0.760 e. The molecule has 3 unspecified atom stereocenters. The van der Waals surface area contributed by atoms with Gasteiger partial charge in [0.05, 0.1) is 9.90 Å². The van der Waals surface area contributed by atoms with E-state index in [1.807, 2.05) is 0 Å². The highest BCUT2D eigenvalue weighted by molar-refractivity contribution is 9.10. The Morgan fingerprint density at radius 3 is 1.70 bits per heavy atom. The van der Waals surface area contributed by atoms with Crippen molar-refractivity contribution in [3.63, 3.8) is 0 Å². The number of rotatable bonds is 3. The summed E-state index contributed by atoms with van der Waals surface area (Å²) in [6, 6.07) is 0. The standard InChI is InChI=1S/C4H9Br2NO2S/c1-3(5)7(4(2)6)10(8)9/h3-4H,1-2H3,(H,8,9)/p-1. The first-order valence-corrected chi connectivity index (χ1v) is 5.49. The molecule has 0 fully saturated rings. The minimum atomic E-state index is -2.17. The molecule has 0 saturated carbocycles. The van der Waals surface area contributed by atoms with Crippen molar-refractivity contribution in [1.82, 2.24) is 4.31 Å². The van der Waals surface area contributed by atoms with Gasteiger partial charge >= 0.3 is 0 Å². The molecular weight excluding hydrogens is 286 g/mol. The first-order chi connectivity index (χ1) is 4.46. The molecule has 0 aromatic carbocycles. The molecule has 3 atom stereocenters. The van der Waals surface area contributed by atoms with Crippen LogP contribution in [0.25, 0.3) is 0 Å². The van der Waals surface area contributed by atoms with Gasteiger partial charge in [-0.2, -0.15) is 0 Å². The fourth-order valence-corrected chi connectivity index (χ4v) is 2.84. The molecule has 0 rings (SSSR count). The van der Waals surface area contributed by atoms with Gasteiger partial charge in [-0.3, -0.25) is 4.21 Å². The molecule has 0 radical (unpaired) electrons. The Morgan fingerprint density at radius 1 is 1.40 bits per heavy atom. The molecule has 0 spiro atoms. The van der Waals surface area contributed by atoms with Crippen LogP contribution in [-0.4, -0.2) is 23.0 Å². The van der Waals surface area contributed by atoms with Crippen molar-refractivity contribution in [2.75, 3.05) is 0 Å². The van der Waals surface area contributed by atoms with Crippen molar-refractivity contribution < 1.29 is 8.76 Å². The number of halogens is 2. The van der Waals surface area contributed by atoms with Crippen LogP contribution in [0.4, 0.5) is 0 Å². The van der Waals surface area contributed by atoms with E-state index in [2.05, 4.69) is 31.9 Å². The second-order valence-corrected chi connectivity index (χ2v) is 5.23. The van der Waals surface area contributed by atoms with Crippen molar-refractivity contribution in [3.8, 4) is 0 Å². The summed E-state index contributed by atoms with van der Waals surface area (Å²) in [5, 5.41) is 0. The van der Waals surface area contributed by atoms with E-state index in [-0.39, 0.29) is 9.90 Å². The fourth-order valence-electron chi connectivity index (χ4n) is 0.520. The van der Waals surface area contributed by atoms with Crippen LogP contribution in [0.15, 0.2) is 0 Å². The maximum absolute atomic E-state index is 10.4. The van der Waals surface area contributed by atoms with Gasteiger partial charge in [0, 0.05) is 11.3 Å². The Bertz CT molecular complexity index is 122. The molecule has 0 aliphatic carbocycles. The van der Waals surface area contributed by atoms with Crippen LogP contribution in [-0.2, 0) is 11.3 Å². The topological polar surface area (TPSA) is 43.4 Å². The second kappa shape index (κ2) is 4.82. The molecule has 0 aliphatic rings. The SMILES string of the molecule is CC(Br)N(C(C)Br)S(=O)[O-]. The van der Waals surface area contributed by atoms with Gasteiger partial charge in [-0.1, -0.05) is 31.9 Å². The van der Waals surface area contributed by atoms with Crippen LogP contribution in [0.5, 0.6) is 0 Å². The van der Waals surface area contributed by atoms with Crippen molar-refractivity contribution in [2.45, 2.75) is 23.7 Å². The third kappa shape index (κ3) is 3.43. The smallest absolute Gasteiger partial charge is 0.0749 e. The Balaban J connectivity index is 4.12. The predicted octanol–water partition coefficient (Wildman–Crippen LogP) is 1.56. The van der Waals surface area contributed by atoms with Gasteiger partial charge in [-0.25, -0.2) is 4.31 Å². The molecule has 0 heterocycles. The highest BCUT2D eigenvalue weighted by atomic mass is 79.9. The minimum absolute atomic E-state index is 0.180. The molecule has 0 N–H and O–H groups in total. The summed E-state index contributed by atoms with van der Waals surface area (Å²) in [6.45, 7) is 3.49. The van der Waals surface area contributed by atoms with Crippen molar-refractivity contribution in [2.24, 2.45) is 0 Å². The summed E-state index contributed by atoms with van der Waals surface area (Å²) in [4.78, 5) is -0.361. The zero-order valence-electron chi connectivity index (χ0n) is 5.58. The van der Waals surface area contributed by atoms with Crippen LogP contribution >= 0.6 is 31.9 Å². The summed E-state index contributed by atoms with van der Waals surface area (Å²) in [5.41, 5.74) is 0. The highest BCUT2D eigenvalue weighted by Crippen LogP contribution is 2.16. The van der Waals surface area contributed by atoms with E-state index in [0.717, 1.165) is 0 Å². The van der Waals surface area contributed by atoms with Crippen LogP contribution in [0.3, 0.4) is 0 Å². The summed E-state index contributed by atoms with van der Waals surface area (Å²) in [6.07, 6.45) is 0. The van der Waals surface area contributed by atoms with Crippen molar-refractivity contribution in [1.29, 1.82) is 0 Å². The molecule has 0 bridgehead atoms. The molecule has 6 heteroatoms. The highest BCUT2D eigenvalue weighted by Gasteiger charge is 2.15.